The molecule has 5 aromatic rings. The Morgan fingerprint density at radius 2 is 0.756 bits per heavy atom. The Labute approximate surface area is 271 Å². The van der Waals surface area contributed by atoms with Gasteiger partial charge in [0.05, 0.1) is 0 Å². The van der Waals surface area contributed by atoms with E-state index in [4.69, 9.17) is 0 Å². The highest BCUT2D eigenvalue weighted by molar-refractivity contribution is 7.02. The van der Waals surface area contributed by atoms with Crippen molar-refractivity contribution >= 4 is 63.3 Å². The Kier molecular flexibility index (Phi) is 6.79. The Bertz CT molecular complexity index is 1770. The molecular formula is C42H45B2N. The van der Waals surface area contributed by atoms with Crippen molar-refractivity contribution in [3.05, 3.63) is 126 Å². The first-order valence-electron chi connectivity index (χ1n) is 16.6. The molecule has 1 nitrogen and oxygen atoms in total. The fourth-order valence-corrected chi connectivity index (χ4v) is 7.44. The Morgan fingerprint density at radius 1 is 0.400 bits per heavy atom. The second-order valence-corrected chi connectivity index (χ2v) is 16.3. The number of hydrogen-bond donors (Lipinski definition) is 0. The van der Waals surface area contributed by atoms with Crippen LogP contribution >= 0.6 is 0 Å². The van der Waals surface area contributed by atoms with E-state index in [2.05, 4.69) is 176 Å². The molecule has 0 saturated carbocycles. The van der Waals surface area contributed by atoms with Gasteiger partial charge in [0.1, 0.15) is 0 Å². The fourth-order valence-electron chi connectivity index (χ4n) is 7.44. The molecule has 0 N–H and O–H groups in total. The molecule has 0 aliphatic carbocycles. The molecule has 0 spiro atoms. The molecule has 0 saturated heterocycles. The molecule has 7 rings (SSSR count). The maximum Gasteiger partial charge on any atom is 0.246 e. The lowest BCUT2D eigenvalue weighted by Gasteiger charge is -2.45. The van der Waals surface area contributed by atoms with E-state index in [1.54, 1.807) is 0 Å². The second kappa shape index (κ2) is 10.3. The van der Waals surface area contributed by atoms with Crippen LogP contribution in [0.3, 0.4) is 0 Å². The maximum absolute atomic E-state index is 2.61. The number of anilines is 3. The molecule has 0 fully saturated rings. The number of rotatable bonds is 2. The van der Waals surface area contributed by atoms with Gasteiger partial charge in [0.15, 0.2) is 0 Å². The van der Waals surface area contributed by atoms with Crippen LogP contribution in [0.1, 0.15) is 79.0 Å². The number of fused-ring (bicyclic) bond motifs is 4. The molecule has 2 aliphatic heterocycles. The molecule has 0 aromatic heterocycles. The minimum absolute atomic E-state index is 0.0000935. The number of nitrogens with zero attached hydrogens (tertiary/aromatic N) is 1. The standard InChI is InChI=1S/C42H45B2N/c1-40(2,3)28-20-22-37-33(24-28)43(31-16-12-10-13-17-31)35-26-30(42(7,8)9)27-36-39(35)45(37)38-23-21-29(41(4,5)6)25-34(38)44(36)32-18-14-11-15-19-32/h10-27H,1-9H3. The Hall–Kier alpha value is -3.97. The van der Waals surface area contributed by atoms with Crippen molar-refractivity contribution in [2.75, 3.05) is 4.90 Å². The van der Waals surface area contributed by atoms with Crippen LogP contribution in [0.5, 0.6) is 0 Å². The van der Waals surface area contributed by atoms with Gasteiger partial charge in [-0.2, -0.15) is 0 Å². The zero-order valence-electron chi connectivity index (χ0n) is 28.5. The summed E-state index contributed by atoms with van der Waals surface area (Å²) in [6.45, 7) is 21.3. The lowest BCUT2D eigenvalue weighted by molar-refractivity contribution is 0.590. The van der Waals surface area contributed by atoms with E-state index in [1.165, 1.54) is 66.5 Å². The van der Waals surface area contributed by atoms with Crippen molar-refractivity contribution in [1.82, 2.24) is 0 Å². The van der Waals surface area contributed by atoms with Gasteiger partial charge < -0.3 is 4.90 Å². The highest BCUT2D eigenvalue weighted by Gasteiger charge is 2.44. The first-order chi connectivity index (χ1) is 21.2. The van der Waals surface area contributed by atoms with Crippen LogP contribution in [0.2, 0.25) is 0 Å². The van der Waals surface area contributed by atoms with E-state index < -0.39 is 0 Å². The smallest absolute Gasteiger partial charge is 0.246 e. The summed E-state index contributed by atoms with van der Waals surface area (Å²) in [4.78, 5) is 2.61. The third-order valence-corrected chi connectivity index (χ3v) is 10.0. The predicted octanol–water partition coefficient (Wildman–Crippen LogP) is 6.71. The molecule has 0 radical (unpaired) electrons. The fraction of sp³-hybridized carbons (Fsp3) is 0.286. The average Bonchev–Trinajstić information content (AvgIpc) is 2.99. The van der Waals surface area contributed by atoms with Crippen molar-refractivity contribution in [2.24, 2.45) is 0 Å². The topological polar surface area (TPSA) is 3.24 Å². The lowest BCUT2D eigenvalue weighted by atomic mass is 9.30. The van der Waals surface area contributed by atoms with Crippen LogP contribution < -0.4 is 37.7 Å². The van der Waals surface area contributed by atoms with Gasteiger partial charge in [0.25, 0.3) is 0 Å². The molecule has 2 aliphatic rings. The molecule has 5 aromatic carbocycles. The molecule has 3 heteroatoms. The Morgan fingerprint density at radius 3 is 1.11 bits per heavy atom. The molecular weight excluding hydrogens is 540 g/mol. The predicted molar refractivity (Wildman–Crippen MR) is 199 cm³/mol. The quantitative estimate of drug-likeness (QED) is 0.204. The van der Waals surface area contributed by atoms with Crippen LogP contribution in [0.25, 0.3) is 0 Å². The third-order valence-electron chi connectivity index (χ3n) is 10.0. The first-order valence-corrected chi connectivity index (χ1v) is 16.6. The van der Waals surface area contributed by atoms with E-state index in [9.17, 15) is 0 Å². The lowest BCUT2D eigenvalue weighted by Crippen LogP contribution is -2.65. The maximum atomic E-state index is 2.61. The van der Waals surface area contributed by atoms with Gasteiger partial charge in [-0.3, -0.25) is 0 Å². The monoisotopic (exact) mass is 585 g/mol. The van der Waals surface area contributed by atoms with Gasteiger partial charge >= 0.3 is 0 Å². The van der Waals surface area contributed by atoms with Crippen molar-refractivity contribution < 1.29 is 0 Å². The van der Waals surface area contributed by atoms with E-state index in [0.29, 0.717) is 0 Å². The minimum atomic E-state index is -0.0000935. The summed E-state index contributed by atoms with van der Waals surface area (Å²) in [5, 5.41) is 0. The van der Waals surface area contributed by atoms with Crippen LogP contribution in [-0.4, -0.2) is 13.4 Å². The minimum Gasteiger partial charge on any atom is -0.313 e. The highest BCUT2D eigenvalue weighted by Crippen LogP contribution is 2.40. The second-order valence-electron chi connectivity index (χ2n) is 16.3. The zero-order valence-corrected chi connectivity index (χ0v) is 28.5. The zero-order chi connectivity index (χ0) is 31.9. The average molecular weight is 585 g/mol. The Balaban J connectivity index is 1.64. The molecule has 0 bridgehead atoms. The number of hydrogen-bond acceptors (Lipinski definition) is 1. The third kappa shape index (κ3) is 4.96. The SMILES string of the molecule is CC(C)(C)c1ccc2c(c1)B(c1ccccc1)c1cc(C(C)(C)C)cc3c1N2c1ccc(C(C)(C)C)cc1B3c1ccccc1. The van der Waals surface area contributed by atoms with Gasteiger partial charge in [0.2, 0.25) is 13.4 Å². The summed E-state index contributed by atoms with van der Waals surface area (Å²) in [7, 11) is 0. The van der Waals surface area contributed by atoms with Gasteiger partial charge in [-0.15, -0.1) is 0 Å². The van der Waals surface area contributed by atoms with Gasteiger partial charge in [0, 0.05) is 17.1 Å². The van der Waals surface area contributed by atoms with Crippen molar-refractivity contribution in [2.45, 2.75) is 78.6 Å². The normalized spacial score (nSPS) is 14.2. The highest BCUT2D eigenvalue weighted by atomic mass is 15.2. The van der Waals surface area contributed by atoms with E-state index >= 15 is 0 Å². The molecule has 0 atom stereocenters. The van der Waals surface area contributed by atoms with Crippen LogP contribution in [-0.2, 0) is 16.2 Å². The van der Waals surface area contributed by atoms with Crippen LogP contribution in [0.15, 0.2) is 109 Å². The summed E-state index contributed by atoms with van der Waals surface area (Å²) >= 11 is 0. The van der Waals surface area contributed by atoms with Gasteiger partial charge in [-0.25, -0.2) is 0 Å². The summed E-state index contributed by atoms with van der Waals surface area (Å²) in [6.07, 6.45) is 0. The largest absolute Gasteiger partial charge is 0.313 e. The summed E-state index contributed by atoms with van der Waals surface area (Å²) in [6, 6.07) is 42.0. The molecule has 45 heavy (non-hydrogen) atoms. The molecule has 0 amide bonds. The van der Waals surface area contributed by atoms with E-state index in [-0.39, 0.29) is 29.7 Å². The van der Waals surface area contributed by atoms with Crippen LogP contribution in [0.4, 0.5) is 17.1 Å². The molecule has 0 unspecified atom stereocenters. The summed E-state index contributed by atoms with van der Waals surface area (Å²) in [5.74, 6) is 0. The van der Waals surface area contributed by atoms with Crippen LogP contribution in [0, 0.1) is 0 Å². The van der Waals surface area contributed by atoms with E-state index in [1.807, 2.05) is 0 Å². The van der Waals surface area contributed by atoms with Crippen molar-refractivity contribution in [3.63, 3.8) is 0 Å². The summed E-state index contributed by atoms with van der Waals surface area (Å²) in [5.41, 5.74) is 16.5. The first kappa shape index (κ1) is 29.7. The number of benzene rings is 5. The van der Waals surface area contributed by atoms with Crippen molar-refractivity contribution in [1.29, 1.82) is 0 Å². The molecule has 224 valence electrons. The van der Waals surface area contributed by atoms with Gasteiger partial charge in [-0.1, -0.05) is 170 Å². The summed E-state index contributed by atoms with van der Waals surface area (Å²) < 4.78 is 0. The van der Waals surface area contributed by atoms with Gasteiger partial charge in [-0.05, 0) is 66.9 Å². The van der Waals surface area contributed by atoms with E-state index in [0.717, 1.165) is 0 Å². The molecule has 2 heterocycles. The van der Waals surface area contributed by atoms with Crippen molar-refractivity contribution in [3.8, 4) is 0 Å².